The number of rotatable bonds is 3. The van der Waals surface area contributed by atoms with Gasteiger partial charge in [0.15, 0.2) is 5.82 Å². The number of aliphatic hydroxyl groups is 1. The van der Waals surface area contributed by atoms with Gasteiger partial charge in [0.2, 0.25) is 0 Å². The number of imidazole rings is 1. The maximum absolute atomic E-state index is 12.3. The lowest BCUT2D eigenvalue weighted by molar-refractivity contribution is -0.167. The van der Waals surface area contributed by atoms with Gasteiger partial charge in [0, 0.05) is 11.8 Å². The number of halogens is 3. The number of anilines is 1. The third-order valence-corrected chi connectivity index (χ3v) is 3.40. The average Bonchev–Trinajstić information content (AvgIpc) is 2.95. The Balaban J connectivity index is 1.88. The fourth-order valence-corrected chi connectivity index (χ4v) is 2.25. The number of aromatic nitrogens is 2. The Bertz CT molecular complexity index is 875. The Morgan fingerprint density at radius 2 is 1.79 bits per heavy atom. The van der Waals surface area contributed by atoms with E-state index in [4.69, 9.17) is 0 Å². The van der Waals surface area contributed by atoms with E-state index >= 15 is 0 Å². The second kappa shape index (κ2) is 5.97. The molecular weight excluding hydrogens is 323 g/mol. The van der Waals surface area contributed by atoms with Crippen molar-refractivity contribution in [1.82, 2.24) is 9.38 Å². The normalized spacial score (nSPS) is 13.0. The Morgan fingerprint density at radius 3 is 2.46 bits per heavy atom. The molecule has 5 nitrogen and oxygen atoms in total. The van der Waals surface area contributed by atoms with E-state index in [1.54, 1.807) is 47.9 Å². The number of carbonyl (C=O) groups is 1. The molecule has 0 aliphatic heterocycles. The van der Waals surface area contributed by atoms with E-state index < -0.39 is 18.2 Å². The molecule has 0 aliphatic rings. The molecule has 1 aromatic carbocycles. The van der Waals surface area contributed by atoms with Crippen molar-refractivity contribution in [3.8, 4) is 0 Å². The molecular formula is C16H12F3N3O2. The molecule has 0 aliphatic carbocycles. The summed E-state index contributed by atoms with van der Waals surface area (Å²) in [6.07, 6.45) is -3.07. The molecule has 124 valence electrons. The van der Waals surface area contributed by atoms with Crippen LogP contribution in [0.15, 0.2) is 54.9 Å². The highest BCUT2D eigenvalue weighted by atomic mass is 19.4. The van der Waals surface area contributed by atoms with Gasteiger partial charge in [-0.05, 0) is 11.6 Å². The lowest BCUT2D eigenvalue weighted by Gasteiger charge is -2.11. The number of nitrogens with one attached hydrogen (secondary N) is 1. The largest absolute Gasteiger partial charge is 0.471 e. The monoisotopic (exact) mass is 335 g/mol. The number of amides is 1. The van der Waals surface area contributed by atoms with Crippen LogP contribution in [0.1, 0.15) is 17.2 Å². The Kier molecular flexibility index (Phi) is 3.98. The number of alkyl halides is 3. The number of benzene rings is 1. The van der Waals surface area contributed by atoms with Gasteiger partial charge in [-0.1, -0.05) is 36.4 Å². The quantitative estimate of drug-likeness (QED) is 0.773. The highest BCUT2D eigenvalue weighted by molar-refractivity contribution is 5.94. The van der Waals surface area contributed by atoms with Gasteiger partial charge >= 0.3 is 12.1 Å². The zero-order valence-electron chi connectivity index (χ0n) is 12.2. The Hall–Kier alpha value is -2.87. The van der Waals surface area contributed by atoms with Gasteiger partial charge in [-0.3, -0.25) is 4.79 Å². The summed E-state index contributed by atoms with van der Waals surface area (Å²) in [5.41, 5.74) is 1.57. The third-order valence-electron chi connectivity index (χ3n) is 3.40. The van der Waals surface area contributed by atoms with E-state index in [1.807, 2.05) is 6.07 Å². The minimum atomic E-state index is -4.98. The molecule has 0 saturated heterocycles. The highest BCUT2D eigenvalue weighted by Gasteiger charge is 2.39. The Morgan fingerprint density at radius 1 is 1.08 bits per heavy atom. The summed E-state index contributed by atoms with van der Waals surface area (Å²) in [6.45, 7) is 0. The van der Waals surface area contributed by atoms with Gasteiger partial charge in [0.25, 0.3) is 0 Å². The van der Waals surface area contributed by atoms with Crippen LogP contribution >= 0.6 is 0 Å². The van der Waals surface area contributed by atoms with Crippen LogP contribution in [0.2, 0.25) is 0 Å². The first kappa shape index (κ1) is 16.0. The summed E-state index contributed by atoms with van der Waals surface area (Å²) in [5, 5.41) is 12.1. The second-order valence-electron chi connectivity index (χ2n) is 5.12. The SMILES string of the molecule is O=C(Nc1cn2cc(C(O)c3ccccc3)ccc2n1)C(F)(F)F. The van der Waals surface area contributed by atoms with Crippen molar-refractivity contribution in [3.05, 3.63) is 66.0 Å². The lowest BCUT2D eigenvalue weighted by atomic mass is 10.0. The van der Waals surface area contributed by atoms with Gasteiger partial charge in [-0.15, -0.1) is 0 Å². The fraction of sp³-hybridized carbons (Fsp3) is 0.125. The molecule has 3 rings (SSSR count). The number of aliphatic hydroxyl groups excluding tert-OH is 1. The predicted octanol–water partition coefficient (Wildman–Crippen LogP) is 2.92. The van der Waals surface area contributed by atoms with Gasteiger partial charge in [0.05, 0.1) is 6.20 Å². The van der Waals surface area contributed by atoms with Crippen molar-refractivity contribution in [2.75, 3.05) is 5.32 Å². The van der Waals surface area contributed by atoms with Crippen molar-refractivity contribution in [2.24, 2.45) is 0 Å². The topological polar surface area (TPSA) is 66.6 Å². The molecule has 0 fully saturated rings. The maximum atomic E-state index is 12.3. The molecule has 0 bridgehead atoms. The minimum Gasteiger partial charge on any atom is -0.384 e. The van der Waals surface area contributed by atoms with Crippen LogP contribution in [0.4, 0.5) is 19.0 Å². The van der Waals surface area contributed by atoms with E-state index in [0.717, 1.165) is 0 Å². The molecule has 3 aromatic rings. The number of carbonyl (C=O) groups excluding carboxylic acids is 1. The van der Waals surface area contributed by atoms with Crippen LogP contribution < -0.4 is 5.32 Å². The van der Waals surface area contributed by atoms with Crippen molar-refractivity contribution in [2.45, 2.75) is 12.3 Å². The van der Waals surface area contributed by atoms with Crippen LogP contribution in [-0.4, -0.2) is 26.6 Å². The summed E-state index contributed by atoms with van der Waals surface area (Å²) >= 11 is 0. The third kappa shape index (κ3) is 3.23. The first-order valence-corrected chi connectivity index (χ1v) is 6.94. The van der Waals surface area contributed by atoms with Gasteiger partial charge in [-0.25, -0.2) is 4.98 Å². The van der Waals surface area contributed by atoms with Gasteiger partial charge in [0.1, 0.15) is 11.8 Å². The van der Waals surface area contributed by atoms with Crippen molar-refractivity contribution < 1.29 is 23.1 Å². The molecule has 2 heterocycles. The summed E-state index contributed by atoms with van der Waals surface area (Å²) in [6, 6.07) is 12.1. The summed E-state index contributed by atoms with van der Waals surface area (Å²) in [7, 11) is 0. The number of hydrogen-bond acceptors (Lipinski definition) is 3. The smallest absolute Gasteiger partial charge is 0.384 e. The van der Waals surface area contributed by atoms with Crippen molar-refractivity contribution >= 4 is 17.4 Å². The van der Waals surface area contributed by atoms with Crippen molar-refractivity contribution in [1.29, 1.82) is 0 Å². The zero-order chi connectivity index (χ0) is 17.3. The summed E-state index contributed by atoms with van der Waals surface area (Å²) < 4.78 is 38.2. The Labute approximate surface area is 134 Å². The first-order chi connectivity index (χ1) is 11.3. The predicted molar refractivity (Wildman–Crippen MR) is 80.4 cm³/mol. The number of fused-ring (bicyclic) bond motifs is 1. The van der Waals surface area contributed by atoms with E-state index in [1.165, 1.54) is 10.6 Å². The molecule has 0 spiro atoms. The zero-order valence-corrected chi connectivity index (χ0v) is 12.2. The van der Waals surface area contributed by atoms with E-state index in [2.05, 4.69) is 4.98 Å². The fourth-order valence-electron chi connectivity index (χ4n) is 2.25. The standard InChI is InChI=1S/C16H12F3N3O2/c17-16(18,19)15(24)21-12-9-22-8-11(6-7-13(22)20-12)14(23)10-4-2-1-3-5-10/h1-9,14,23H,(H,21,24). The van der Waals surface area contributed by atoms with E-state index in [-0.39, 0.29) is 5.82 Å². The average molecular weight is 335 g/mol. The summed E-state index contributed by atoms with van der Waals surface area (Å²) in [4.78, 5) is 14.8. The van der Waals surface area contributed by atoms with Crippen LogP contribution in [0.25, 0.3) is 5.65 Å². The minimum absolute atomic E-state index is 0.219. The van der Waals surface area contributed by atoms with Crippen LogP contribution in [0, 0.1) is 0 Å². The van der Waals surface area contributed by atoms with Gasteiger partial charge in [-0.2, -0.15) is 13.2 Å². The van der Waals surface area contributed by atoms with Crippen LogP contribution in [-0.2, 0) is 4.79 Å². The molecule has 0 radical (unpaired) electrons. The second-order valence-corrected chi connectivity index (χ2v) is 5.12. The van der Waals surface area contributed by atoms with E-state index in [0.29, 0.717) is 16.8 Å². The number of hydrogen-bond donors (Lipinski definition) is 2. The number of pyridine rings is 1. The molecule has 0 saturated carbocycles. The van der Waals surface area contributed by atoms with E-state index in [9.17, 15) is 23.1 Å². The van der Waals surface area contributed by atoms with Gasteiger partial charge < -0.3 is 14.8 Å². The molecule has 24 heavy (non-hydrogen) atoms. The molecule has 2 aromatic heterocycles. The van der Waals surface area contributed by atoms with Crippen LogP contribution in [0.5, 0.6) is 0 Å². The molecule has 2 N–H and O–H groups in total. The molecule has 8 heteroatoms. The molecule has 1 unspecified atom stereocenters. The lowest BCUT2D eigenvalue weighted by Crippen LogP contribution is -2.30. The maximum Gasteiger partial charge on any atom is 0.471 e. The molecule has 1 amide bonds. The van der Waals surface area contributed by atoms with Crippen LogP contribution in [0.3, 0.4) is 0 Å². The number of nitrogens with zero attached hydrogens (tertiary/aromatic N) is 2. The highest BCUT2D eigenvalue weighted by Crippen LogP contribution is 2.23. The first-order valence-electron chi connectivity index (χ1n) is 6.94. The molecule has 1 atom stereocenters. The van der Waals surface area contributed by atoms with Crippen molar-refractivity contribution in [3.63, 3.8) is 0 Å². The summed E-state index contributed by atoms with van der Waals surface area (Å²) in [5.74, 6) is -2.31.